The number of nitrogens with zero attached hydrogens (tertiary/aromatic N) is 1. The minimum absolute atomic E-state index is 0.0917. The van der Waals surface area contributed by atoms with Crippen molar-refractivity contribution in [1.82, 2.24) is 25.9 Å². The largest absolute Gasteiger partial charge is 0.481 e. The van der Waals surface area contributed by atoms with Crippen molar-refractivity contribution in [2.24, 2.45) is 0 Å². The number of ether oxygens (including phenoxy) is 1. The van der Waals surface area contributed by atoms with Crippen LogP contribution < -0.4 is 21.3 Å². The Morgan fingerprint density at radius 1 is 0.722 bits per heavy atom. The zero-order chi connectivity index (χ0) is 40.3. The van der Waals surface area contributed by atoms with Gasteiger partial charge in [-0.15, -0.1) is 0 Å². The van der Waals surface area contributed by atoms with Gasteiger partial charge in [-0.05, 0) is 82.6 Å². The first kappa shape index (κ1) is 47.8. The number of unbranched alkanes of at least 4 members (excludes halogenated alkanes) is 4. The first-order valence-electron chi connectivity index (χ1n) is 18.0. The van der Waals surface area contributed by atoms with Gasteiger partial charge >= 0.3 is 17.9 Å². The van der Waals surface area contributed by atoms with Crippen molar-refractivity contribution in [3.63, 3.8) is 0 Å². The summed E-state index contributed by atoms with van der Waals surface area (Å²) >= 11 is 0. The molecule has 0 bridgehead atoms. The molecule has 8 N–H and O–H groups in total. The summed E-state index contributed by atoms with van der Waals surface area (Å²) in [7, 11) is -0.898. The number of carbonyl (C=O) groups excluding carboxylic acids is 4. The third-order valence-corrected chi connectivity index (χ3v) is 8.85. The van der Waals surface area contributed by atoms with E-state index >= 15 is 0 Å². The maximum atomic E-state index is 13.0. The molecule has 0 saturated heterocycles. The van der Waals surface area contributed by atoms with Crippen molar-refractivity contribution in [3.05, 3.63) is 35.6 Å². The molecular formula is C35H55FN5O12P. The lowest BCUT2D eigenvalue weighted by molar-refractivity contribution is -0.144. The minimum Gasteiger partial charge on any atom is -0.481 e. The SMILES string of the molecule is C[C@H](CCCOCN(PO)[C@@H](CCC(=O)O)C(=O)O)NC(=O)CC[C@H](NC(=O)CCCCCNC(=O)CCCCCNC(=O)c1ccc(F)cc1)C(=O)O. The van der Waals surface area contributed by atoms with Gasteiger partial charge in [0, 0.05) is 57.0 Å². The van der Waals surface area contributed by atoms with E-state index in [1.54, 1.807) is 6.92 Å². The second-order valence-corrected chi connectivity index (χ2v) is 13.5. The Morgan fingerprint density at radius 2 is 1.33 bits per heavy atom. The number of carboxylic acid groups (broad SMARTS) is 3. The number of benzene rings is 1. The molecule has 1 rings (SSSR count). The zero-order valence-electron chi connectivity index (χ0n) is 30.6. The van der Waals surface area contributed by atoms with Crippen LogP contribution in [0.15, 0.2) is 24.3 Å². The van der Waals surface area contributed by atoms with E-state index in [0.29, 0.717) is 70.0 Å². The second-order valence-electron chi connectivity index (χ2n) is 12.7. The number of hydrogen-bond acceptors (Lipinski definition) is 10. The lowest BCUT2D eigenvalue weighted by Gasteiger charge is -2.25. The van der Waals surface area contributed by atoms with Crippen molar-refractivity contribution in [3.8, 4) is 0 Å². The molecule has 54 heavy (non-hydrogen) atoms. The van der Waals surface area contributed by atoms with Crippen molar-refractivity contribution < 1.29 is 62.9 Å². The quantitative estimate of drug-likeness (QED) is 0.0306. The average Bonchev–Trinajstić information content (AvgIpc) is 3.11. The third-order valence-electron chi connectivity index (χ3n) is 8.15. The molecular weight excluding hydrogens is 732 g/mol. The number of carbonyl (C=O) groups is 7. The molecule has 17 nitrogen and oxygen atoms in total. The van der Waals surface area contributed by atoms with Crippen LogP contribution in [0, 0.1) is 5.82 Å². The van der Waals surface area contributed by atoms with Crippen molar-refractivity contribution in [2.45, 2.75) is 115 Å². The van der Waals surface area contributed by atoms with Gasteiger partial charge in [0.2, 0.25) is 17.7 Å². The Hall–Kier alpha value is -4.25. The van der Waals surface area contributed by atoms with Crippen molar-refractivity contribution >= 4 is 50.5 Å². The molecule has 0 spiro atoms. The fourth-order valence-electron chi connectivity index (χ4n) is 5.13. The number of halogens is 1. The highest BCUT2D eigenvalue weighted by molar-refractivity contribution is 7.28. The van der Waals surface area contributed by atoms with Gasteiger partial charge in [-0.3, -0.25) is 28.8 Å². The number of hydrogen-bond donors (Lipinski definition) is 8. The predicted octanol–water partition coefficient (Wildman–Crippen LogP) is 2.52. The van der Waals surface area contributed by atoms with Gasteiger partial charge in [0.05, 0.1) is 8.96 Å². The van der Waals surface area contributed by atoms with E-state index in [1.807, 2.05) is 0 Å². The third kappa shape index (κ3) is 22.7. The van der Waals surface area contributed by atoms with Gasteiger partial charge < -0.3 is 46.2 Å². The van der Waals surface area contributed by atoms with E-state index in [-0.39, 0.29) is 63.3 Å². The van der Waals surface area contributed by atoms with E-state index in [9.17, 15) is 53.1 Å². The number of nitrogens with one attached hydrogen (secondary N) is 4. The second kappa shape index (κ2) is 28.2. The Morgan fingerprint density at radius 3 is 1.93 bits per heavy atom. The fourth-order valence-corrected chi connectivity index (χ4v) is 5.66. The van der Waals surface area contributed by atoms with Gasteiger partial charge in [-0.25, -0.2) is 13.9 Å². The zero-order valence-corrected chi connectivity index (χ0v) is 31.6. The molecule has 19 heteroatoms. The predicted molar refractivity (Wildman–Crippen MR) is 196 cm³/mol. The maximum absolute atomic E-state index is 13.0. The van der Waals surface area contributed by atoms with Gasteiger partial charge in [0.1, 0.15) is 24.6 Å². The van der Waals surface area contributed by atoms with Gasteiger partial charge in [-0.1, -0.05) is 12.8 Å². The van der Waals surface area contributed by atoms with E-state index in [1.165, 1.54) is 24.3 Å². The highest BCUT2D eigenvalue weighted by atomic mass is 31.1. The Labute approximate surface area is 316 Å². The summed E-state index contributed by atoms with van der Waals surface area (Å²) in [6, 6.07) is 2.53. The molecule has 0 heterocycles. The minimum atomic E-state index is -1.27. The monoisotopic (exact) mass is 787 g/mol. The Kier molecular flexibility index (Phi) is 25.0. The van der Waals surface area contributed by atoms with Crippen LogP contribution in [0.1, 0.15) is 107 Å². The lowest BCUT2D eigenvalue weighted by atomic mass is 10.1. The fraction of sp³-hybridized carbons (Fsp3) is 0.629. The van der Waals surface area contributed by atoms with E-state index < -0.39 is 56.6 Å². The van der Waals surface area contributed by atoms with Gasteiger partial charge in [0.15, 0.2) is 0 Å². The van der Waals surface area contributed by atoms with E-state index in [4.69, 9.17) is 9.84 Å². The normalized spacial score (nSPS) is 12.9. The topological polar surface area (TPSA) is 261 Å². The lowest BCUT2D eigenvalue weighted by Crippen LogP contribution is -2.42. The summed E-state index contributed by atoms with van der Waals surface area (Å²) in [5.74, 6) is -5.32. The van der Waals surface area contributed by atoms with Crippen LogP contribution in [0.4, 0.5) is 4.39 Å². The van der Waals surface area contributed by atoms with Crippen molar-refractivity contribution in [1.29, 1.82) is 0 Å². The molecule has 0 fully saturated rings. The van der Waals surface area contributed by atoms with Crippen LogP contribution in [0.3, 0.4) is 0 Å². The highest BCUT2D eigenvalue weighted by Crippen LogP contribution is 2.20. The van der Waals surface area contributed by atoms with Crippen LogP contribution in [0.25, 0.3) is 0 Å². The number of rotatable bonds is 31. The van der Waals surface area contributed by atoms with Gasteiger partial charge in [0.25, 0.3) is 5.91 Å². The number of aliphatic carboxylic acids is 3. The van der Waals surface area contributed by atoms with Crippen LogP contribution in [0.2, 0.25) is 0 Å². The summed E-state index contributed by atoms with van der Waals surface area (Å²) in [5, 5.41) is 38.4. The summed E-state index contributed by atoms with van der Waals surface area (Å²) < 4.78 is 19.5. The highest BCUT2D eigenvalue weighted by Gasteiger charge is 2.26. The molecule has 0 aliphatic rings. The molecule has 1 aromatic carbocycles. The maximum Gasteiger partial charge on any atom is 0.326 e. The van der Waals surface area contributed by atoms with Crippen LogP contribution in [0.5, 0.6) is 0 Å². The molecule has 0 aliphatic heterocycles. The van der Waals surface area contributed by atoms with Crippen LogP contribution in [-0.2, 0) is 33.5 Å². The summed E-state index contributed by atoms with van der Waals surface area (Å²) in [4.78, 5) is 92.2. The first-order chi connectivity index (χ1) is 25.7. The first-order valence-corrected chi connectivity index (χ1v) is 18.9. The molecule has 1 unspecified atom stereocenters. The standard InChI is InChI=1S/C35H55FN5O12P/c1-24(9-8-22-53-23-41(54-52)28(35(50)51)17-19-32(45)46)39-31(44)18-16-27(34(48)49)40-30(43)11-5-3-6-20-37-29(42)10-4-2-7-21-38-33(47)25-12-14-26(36)15-13-25/h12-15,24,27-28,52,54H,2-11,16-23H2,1H3,(H,37,42)(H,38,47)(H,39,44)(H,40,43)(H,45,46)(H,48,49)(H,50,51)/t24-,27+,28+/m1/s1. The molecule has 4 amide bonds. The molecule has 0 saturated carbocycles. The molecule has 0 aliphatic carbocycles. The Bertz CT molecular complexity index is 1340. The van der Waals surface area contributed by atoms with Crippen LogP contribution in [-0.4, -0.2) is 111 Å². The summed E-state index contributed by atoms with van der Waals surface area (Å²) in [5.41, 5.74) is 0.379. The molecule has 1 aromatic rings. The van der Waals surface area contributed by atoms with Gasteiger partial charge in [-0.2, -0.15) is 0 Å². The smallest absolute Gasteiger partial charge is 0.326 e. The number of carboxylic acids is 3. The van der Waals surface area contributed by atoms with E-state index in [0.717, 1.165) is 11.1 Å². The molecule has 0 radical (unpaired) electrons. The summed E-state index contributed by atoms with van der Waals surface area (Å²) in [6.07, 6.45) is 4.46. The summed E-state index contributed by atoms with van der Waals surface area (Å²) in [6.45, 7) is 2.60. The molecule has 0 aromatic heterocycles. The van der Waals surface area contributed by atoms with Crippen LogP contribution >= 0.6 is 8.96 Å². The molecule has 304 valence electrons. The molecule has 4 atom stereocenters. The average molecular weight is 788 g/mol. The Balaban J connectivity index is 2.15. The number of amides is 4. The van der Waals surface area contributed by atoms with Crippen molar-refractivity contribution in [2.75, 3.05) is 26.4 Å². The van der Waals surface area contributed by atoms with E-state index in [2.05, 4.69) is 21.3 Å².